The number of carbonyl (C=O) groups is 2. The summed E-state index contributed by atoms with van der Waals surface area (Å²) in [6.07, 6.45) is 5.25. The summed E-state index contributed by atoms with van der Waals surface area (Å²) in [5, 5.41) is 28.9. The second-order valence-electron chi connectivity index (χ2n) is 8.65. The maximum Gasteiger partial charge on any atom is 0.322 e. The number of fused-ring (bicyclic) bond motifs is 2. The van der Waals surface area contributed by atoms with Crippen molar-refractivity contribution in [2.75, 3.05) is 0 Å². The third-order valence-electron chi connectivity index (χ3n) is 6.57. The van der Waals surface area contributed by atoms with Gasteiger partial charge >= 0.3 is 6.03 Å². The van der Waals surface area contributed by atoms with Crippen molar-refractivity contribution in [3.63, 3.8) is 0 Å². The maximum atomic E-state index is 13.1. The van der Waals surface area contributed by atoms with E-state index < -0.39 is 17.5 Å². The van der Waals surface area contributed by atoms with Gasteiger partial charge in [0.25, 0.3) is 5.91 Å². The average Bonchev–Trinajstić information content (AvgIpc) is 3.33. The van der Waals surface area contributed by atoms with Gasteiger partial charge in [-0.05, 0) is 46.3 Å². The van der Waals surface area contributed by atoms with Crippen molar-refractivity contribution in [1.82, 2.24) is 20.2 Å². The zero-order valence-corrected chi connectivity index (χ0v) is 18.4. The minimum atomic E-state index is -1.43. The van der Waals surface area contributed by atoms with E-state index in [0.29, 0.717) is 16.3 Å². The molecule has 0 spiro atoms. The minimum absolute atomic E-state index is 0.0198. The summed E-state index contributed by atoms with van der Waals surface area (Å²) in [6.45, 7) is -0.0383. The van der Waals surface area contributed by atoms with E-state index in [1.165, 1.54) is 16.7 Å². The summed E-state index contributed by atoms with van der Waals surface area (Å²) in [5.41, 5.74) is 1.09. The number of pyridine rings is 1. The van der Waals surface area contributed by atoms with E-state index >= 15 is 0 Å². The molecule has 35 heavy (non-hydrogen) atoms. The highest BCUT2D eigenvalue weighted by Crippen LogP contribution is 2.36. The number of hydrogen-bond donors (Lipinski definition) is 4. The molecule has 0 bridgehead atoms. The normalized spacial score (nSPS) is 17.6. The molecule has 5 aromatic rings. The van der Waals surface area contributed by atoms with Crippen LogP contribution in [0.25, 0.3) is 32.7 Å². The van der Waals surface area contributed by atoms with Crippen LogP contribution in [-0.2, 0) is 16.9 Å². The summed E-state index contributed by atoms with van der Waals surface area (Å²) in [5.74, 6) is -0.597. The molecule has 1 atom stereocenters. The summed E-state index contributed by atoms with van der Waals surface area (Å²) in [7, 11) is 0. The van der Waals surface area contributed by atoms with Crippen LogP contribution in [0.15, 0.2) is 85.3 Å². The second-order valence-corrected chi connectivity index (χ2v) is 8.65. The topological polar surface area (TPSA) is 116 Å². The van der Waals surface area contributed by atoms with Crippen molar-refractivity contribution in [2.24, 2.45) is 0 Å². The summed E-state index contributed by atoms with van der Waals surface area (Å²) in [6, 6.07) is 19.4. The molecule has 1 fully saturated rings. The molecule has 8 nitrogen and oxygen atoms in total. The number of hydrogen-bond acceptors (Lipinski definition) is 5. The molecule has 8 heteroatoms. The lowest BCUT2D eigenvalue weighted by atomic mass is 9.88. The molecule has 0 aliphatic carbocycles. The quantitative estimate of drug-likeness (QED) is 0.300. The minimum Gasteiger partial charge on any atom is -0.508 e. The van der Waals surface area contributed by atoms with E-state index in [9.17, 15) is 19.8 Å². The molecule has 1 saturated heterocycles. The van der Waals surface area contributed by atoms with Crippen molar-refractivity contribution in [1.29, 1.82) is 0 Å². The van der Waals surface area contributed by atoms with Gasteiger partial charge in [0.2, 0.25) is 0 Å². The van der Waals surface area contributed by atoms with Crippen molar-refractivity contribution >= 4 is 33.5 Å². The number of benzene rings is 3. The lowest BCUT2D eigenvalue weighted by Crippen LogP contribution is -2.47. The van der Waals surface area contributed by atoms with E-state index in [1.54, 1.807) is 18.5 Å². The third kappa shape index (κ3) is 3.26. The number of carbonyl (C=O) groups excluding carboxylic acids is 2. The maximum absolute atomic E-state index is 13.1. The van der Waals surface area contributed by atoms with Gasteiger partial charge in [0, 0.05) is 34.7 Å². The summed E-state index contributed by atoms with van der Waals surface area (Å²) < 4.78 is 1.50. The van der Waals surface area contributed by atoms with Crippen LogP contribution in [0.1, 0.15) is 5.56 Å². The number of nitrogens with one attached hydrogen (secondary N) is 2. The van der Waals surface area contributed by atoms with Gasteiger partial charge < -0.3 is 20.1 Å². The van der Waals surface area contributed by atoms with Gasteiger partial charge in [-0.3, -0.25) is 15.1 Å². The molecule has 0 unspecified atom stereocenters. The second kappa shape index (κ2) is 7.59. The predicted molar refractivity (Wildman–Crippen MR) is 131 cm³/mol. The Morgan fingerprint density at radius 2 is 1.74 bits per heavy atom. The Kier molecular flexibility index (Phi) is 4.50. The third-order valence-corrected chi connectivity index (χ3v) is 6.57. The van der Waals surface area contributed by atoms with E-state index in [0.717, 1.165) is 21.9 Å². The first-order valence-electron chi connectivity index (χ1n) is 11.0. The van der Waals surface area contributed by atoms with E-state index in [-0.39, 0.29) is 18.2 Å². The van der Waals surface area contributed by atoms with Gasteiger partial charge in [0.1, 0.15) is 5.75 Å². The van der Waals surface area contributed by atoms with Crippen LogP contribution < -0.4 is 10.6 Å². The SMILES string of the molecule is O=C1NC(=O)[C@](Cn2cc3ccc(O)cc3c2O)(c2ccc(-c3cccc4ccncc34)cc2)N1. The molecular weight excluding hydrogens is 444 g/mol. The van der Waals surface area contributed by atoms with Gasteiger partial charge in [-0.15, -0.1) is 0 Å². The molecule has 3 aromatic carbocycles. The molecule has 172 valence electrons. The van der Waals surface area contributed by atoms with E-state index in [1.807, 2.05) is 54.7 Å². The Bertz CT molecular complexity index is 1640. The molecule has 2 aromatic heterocycles. The number of rotatable bonds is 4. The number of imide groups is 1. The zero-order chi connectivity index (χ0) is 24.2. The van der Waals surface area contributed by atoms with Crippen LogP contribution in [0.5, 0.6) is 11.6 Å². The number of amides is 3. The first-order chi connectivity index (χ1) is 16.9. The molecule has 1 aliphatic heterocycles. The number of nitrogens with zero attached hydrogens (tertiary/aromatic N) is 2. The van der Waals surface area contributed by atoms with Gasteiger partial charge in [0.15, 0.2) is 11.4 Å². The Labute approximate surface area is 199 Å². The van der Waals surface area contributed by atoms with Crippen molar-refractivity contribution in [3.8, 4) is 22.8 Å². The fourth-order valence-electron chi connectivity index (χ4n) is 4.81. The van der Waals surface area contributed by atoms with Crippen LogP contribution in [0.2, 0.25) is 0 Å². The first kappa shape index (κ1) is 20.7. The van der Waals surface area contributed by atoms with E-state index in [4.69, 9.17) is 0 Å². The van der Waals surface area contributed by atoms with Crippen molar-refractivity contribution in [2.45, 2.75) is 12.1 Å². The molecule has 6 rings (SSSR count). The Hall–Kier alpha value is -4.85. The molecule has 4 N–H and O–H groups in total. The number of phenols is 1. The largest absolute Gasteiger partial charge is 0.508 e. The van der Waals surface area contributed by atoms with Crippen LogP contribution in [-0.4, -0.2) is 31.7 Å². The lowest BCUT2D eigenvalue weighted by Gasteiger charge is -2.27. The Balaban J connectivity index is 1.43. The van der Waals surface area contributed by atoms with Crippen LogP contribution >= 0.6 is 0 Å². The molecule has 3 amide bonds. The Morgan fingerprint density at radius 3 is 2.51 bits per heavy atom. The monoisotopic (exact) mass is 464 g/mol. The fourth-order valence-corrected chi connectivity index (χ4v) is 4.81. The smallest absolute Gasteiger partial charge is 0.322 e. The Morgan fingerprint density at radius 1 is 0.914 bits per heavy atom. The highest BCUT2D eigenvalue weighted by atomic mass is 16.3. The van der Waals surface area contributed by atoms with E-state index in [2.05, 4.69) is 15.6 Å². The summed E-state index contributed by atoms with van der Waals surface area (Å²) >= 11 is 0. The lowest BCUT2D eigenvalue weighted by molar-refractivity contribution is -0.124. The van der Waals surface area contributed by atoms with Gasteiger partial charge in [-0.1, -0.05) is 42.5 Å². The van der Waals surface area contributed by atoms with Crippen LogP contribution in [0.4, 0.5) is 4.79 Å². The number of aromatic hydroxyl groups is 2. The molecule has 3 heterocycles. The molecule has 0 radical (unpaired) electrons. The first-order valence-corrected chi connectivity index (χ1v) is 11.0. The standard InChI is InChI=1S/C27H20N4O4/c32-20-9-6-18-14-31(24(33)22(18)12-20)15-27(25(34)29-26(35)30-27)19-7-4-17(5-8-19)21-3-1-2-16-10-11-28-13-23(16)21/h1-14,32-33H,15H2,(H2,29,30,34,35)/t27-/m0/s1. The molecule has 1 aliphatic rings. The fraction of sp³-hybridized carbons (Fsp3) is 0.0741. The van der Waals surface area contributed by atoms with Crippen LogP contribution in [0.3, 0.4) is 0 Å². The number of aromatic nitrogens is 2. The number of phenolic OH excluding ortho intramolecular Hbond substituents is 1. The van der Waals surface area contributed by atoms with Crippen molar-refractivity contribution < 1.29 is 19.8 Å². The molecular formula is C27H20N4O4. The van der Waals surface area contributed by atoms with Gasteiger partial charge in [-0.25, -0.2) is 4.79 Å². The van der Waals surface area contributed by atoms with Crippen LogP contribution in [0, 0.1) is 0 Å². The number of urea groups is 1. The van der Waals surface area contributed by atoms with Crippen molar-refractivity contribution in [3.05, 3.63) is 90.9 Å². The zero-order valence-electron chi connectivity index (χ0n) is 18.4. The highest BCUT2D eigenvalue weighted by Gasteiger charge is 2.48. The predicted octanol–water partition coefficient (Wildman–Crippen LogP) is 4.00. The van der Waals surface area contributed by atoms with Gasteiger partial charge in [0.05, 0.1) is 6.54 Å². The molecule has 0 saturated carbocycles. The van der Waals surface area contributed by atoms with Gasteiger partial charge in [-0.2, -0.15) is 0 Å². The average molecular weight is 464 g/mol. The highest BCUT2D eigenvalue weighted by molar-refractivity contribution is 6.07. The summed E-state index contributed by atoms with van der Waals surface area (Å²) in [4.78, 5) is 29.5.